The molecular formula is C14H27N3. The van der Waals surface area contributed by atoms with Crippen LogP contribution in [0.25, 0.3) is 0 Å². The standard InChI is InChI=1S/C14H27N3/c1-8(2)12-11(16)5-7-17-14-9(3)13(12)10(14)4-6-15/h7-14H,4-6,15-16H2,1-3H3/b17-7-. The molecule has 0 aromatic carbocycles. The van der Waals surface area contributed by atoms with Crippen LogP contribution in [0.3, 0.4) is 0 Å². The van der Waals surface area contributed by atoms with Gasteiger partial charge in [-0.15, -0.1) is 0 Å². The van der Waals surface area contributed by atoms with E-state index < -0.39 is 0 Å². The van der Waals surface area contributed by atoms with Gasteiger partial charge in [0.05, 0.1) is 6.04 Å². The van der Waals surface area contributed by atoms with Gasteiger partial charge in [0.2, 0.25) is 0 Å². The fourth-order valence-corrected chi connectivity index (χ4v) is 4.21. The normalized spacial score (nSPS) is 47.2. The summed E-state index contributed by atoms with van der Waals surface area (Å²) in [5, 5.41) is 0. The van der Waals surface area contributed by atoms with Gasteiger partial charge in [0.1, 0.15) is 0 Å². The van der Waals surface area contributed by atoms with Crippen LogP contribution >= 0.6 is 0 Å². The van der Waals surface area contributed by atoms with Crippen molar-refractivity contribution in [3.63, 3.8) is 0 Å². The number of nitrogens with zero attached hydrogens (tertiary/aromatic N) is 1. The first-order chi connectivity index (χ1) is 8.07. The van der Waals surface area contributed by atoms with Crippen LogP contribution in [-0.4, -0.2) is 24.8 Å². The van der Waals surface area contributed by atoms with Gasteiger partial charge in [-0.1, -0.05) is 20.8 Å². The molecule has 3 nitrogen and oxygen atoms in total. The molecule has 0 saturated heterocycles. The topological polar surface area (TPSA) is 64.4 Å². The molecular weight excluding hydrogens is 210 g/mol. The second-order valence-corrected chi connectivity index (χ2v) is 6.22. The second kappa shape index (κ2) is 5.07. The fraction of sp³-hybridized carbons (Fsp3) is 0.929. The van der Waals surface area contributed by atoms with E-state index in [9.17, 15) is 0 Å². The van der Waals surface area contributed by atoms with E-state index >= 15 is 0 Å². The molecule has 4 N–H and O–H groups in total. The van der Waals surface area contributed by atoms with Crippen molar-refractivity contribution in [2.75, 3.05) is 6.54 Å². The van der Waals surface area contributed by atoms with Crippen LogP contribution in [0.1, 0.15) is 33.6 Å². The number of hydrogen-bond acceptors (Lipinski definition) is 3. The van der Waals surface area contributed by atoms with Crippen LogP contribution < -0.4 is 11.5 Å². The van der Waals surface area contributed by atoms with E-state index in [1.54, 1.807) is 0 Å². The fourth-order valence-electron chi connectivity index (χ4n) is 4.21. The minimum Gasteiger partial charge on any atom is -0.330 e. The molecule has 3 aliphatic rings. The summed E-state index contributed by atoms with van der Waals surface area (Å²) in [4.78, 5) is 4.71. The Labute approximate surface area is 105 Å². The first kappa shape index (κ1) is 13.0. The van der Waals surface area contributed by atoms with E-state index in [2.05, 4.69) is 27.0 Å². The minimum absolute atomic E-state index is 0.271. The first-order valence-electron chi connectivity index (χ1n) is 7.05. The van der Waals surface area contributed by atoms with E-state index in [-0.39, 0.29) is 6.04 Å². The molecule has 0 spiro atoms. The Bertz CT molecular complexity index is 287. The van der Waals surface area contributed by atoms with Gasteiger partial charge in [-0.25, -0.2) is 0 Å². The van der Waals surface area contributed by atoms with E-state index in [1.807, 2.05) is 0 Å². The Balaban J connectivity index is 2.24. The predicted molar refractivity (Wildman–Crippen MR) is 73.0 cm³/mol. The highest BCUT2D eigenvalue weighted by atomic mass is 14.9. The molecule has 6 atom stereocenters. The average molecular weight is 237 g/mol. The van der Waals surface area contributed by atoms with Gasteiger partial charge in [-0.05, 0) is 49.0 Å². The summed E-state index contributed by atoms with van der Waals surface area (Å²) in [6.07, 6.45) is 4.12. The van der Waals surface area contributed by atoms with Crippen molar-refractivity contribution in [3.05, 3.63) is 0 Å². The molecule has 0 radical (unpaired) electrons. The molecule has 2 bridgehead atoms. The number of rotatable bonds is 3. The van der Waals surface area contributed by atoms with Crippen LogP contribution in [0, 0.1) is 29.6 Å². The van der Waals surface area contributed by atoms with E-state index in [0.717, 1.165) is 25.3 Å². The SMILES string of the molecule is CC(C)C1C(N)C/C=N\C2C(C)C1C2CCN. The van der Waals surface area contributed by atoms with Crippen molar-refractivity contribution in [1.82, 2.24) is 0 Å². The van der Waals surface area contributed by atoms with Crippen LogP contribution in [0.4, 0.5) is 0 Å². The van der Waals surface area contributed by atoms with E-state index in [4.69, 9.17) is 16.5 Å². The molecule has 2 aliphatic heterocycles. The largest absolute Gasteiger partial charge is 0.330 e. The van der Waals surface area contributed by atoms with Crippen LogP contribution in [-0.2, 0) is 0 Å². The van der Waals surface area contributed by atoms with E-state index in [0.29, 0.717) is 29.7 Å². The maximum atomic E-state index is 6.36. The molecule has 98 valence electrons. The monoisotopic (exact) mass is 237 g/mol. The Hall–Kier alpha value is -0.410. The predicted octanol–water partition coefficient (Wildman–Crippen LogP) is 1.66. The van der Waals surface area contributed by atoms with Crippen molar-refractivity contribution < 1.29 is 0 Å². The van der Waals surface area contributed by atoms with Gasteiger partial charge in [-0.3, -0.25) is 4.99 Å². The smallest absolute Gasteiger partial charge is 0.0555 e. The highest BCUT2D eigenvalue weighted by molar-refractivity contribution is 5.59. The van der Waals surface area contributed by atoms with Crippen molar-refractivity contribution in [2.24, 2.45) is 46.0 Å². The third kappa shape index (κ3) is 2.15. The Morgan fingerprint density at radius 1 is 1.41 bits per heavy atom. The third-order valence-electron chi connectivity index (χ3n) is 4.94. The van der Waals surface area contributed by atoms with Crippen molar-refractivity contribution in [1.29, 1.82) is 0 Å². The zero-order chi connectivity index (χ0) is 12.6. The minimum atomic E-state index is 0.271. The van der Waals surface area contributed by atoms with Crippen LogP contribution in [0.5, 0.6) is 0 Å². The lowest BCUT2D eigenvalue weighted by molar-refractivity contribution is -0.0301. The second-order valence-electron chi connectivity index (χ2n) is 6.22. The van der Waals surface area contributed by atoms with E-state index in [1.165, 1.54) is 0 Å². The first-order valence-corrected chi connectivity index (χ1v) is 7.05. The van der Waals surface area contributed by atoms with Gasteiger partial charge in [-0.2, -0.15) is 0 Å². The van der Waals surface area contributed by atoms with Gasteiger partial charge in [0, 0.05) is 12.3 Å². The van der Waals surface area contributed by atoms with Gasteiger partial charge in [0.25, 0.3) is 0 Å². The molecule has 1 saturated carbocycles. The maximum absolute atomic E-state index is 6.36. The molecule has 6 unspecified atom stereocenters. The third-order valence-corrected chi connectivity index (χ3v) is 4.94. The molecule has 3 heteroatoms. The molecule has 3 rings (SSSR count). The van der Waals surface area contributed by atoms with Crippen molar-refractivity contribution in [3.8, 4) is 0 Å². The zero-order valence-corrected chi connectivity index (χ0v) is 11.3. The summed E-state index contributed by atoms with van der Waals surface area (Å²) in [5.41, 5.74) is 12.1. The molecule has 2 heterocycles. The quantitative estimate of drug-likeness (QED) is 0.784. The lowest BCUT2D eigenvalue weighted by atomic mass is 9.52. The Morgan fingerprint density at radius 3 is 2.71 bits per heavy atom. The Morgan fingerprint density at radius 2 is 2.12 bits per heavy atom. The zero-order valence-electron chi connectivity index (χ0n) is 11.3. The molecule has 0 aromatic heterocycles. The van der Waals surface area contributed by atoms with Gasteiger partial charge in [0.15, 0.2) is 0 Å². The molecule has 17 heavy (non-hydrogen) atoms. The summed E-state index contributed by atoms with van der Waals surface area (Å²) in [5.74, 6) is 3.37. The summed E-state index contributed by atoms with van der Waals surface area (Å²) in [7, 11) is 0. The van der Waals surface area contributed by atoms with Crippen molar-refractivity contribution >= 4 is 6.21 Å². The van der Waals surface area contributed by atoms with Gasteiger partial charge >= 0.3 is 0 Å². The highest BCUT2D eigenvalue weighted by Gasteiger charge is 2.52. The molecule has 0 aromatic rings. The summed E-state index contributed by atoms with van der Waals surface area (Å²) >= 11 is 0. The summed E-state index contributed by atoms with van der Waals surface area (Å²) in [6.45, 7) is 7.73. The number of nitrogens with two attached hydrogens (primary N) is 2. The van der Waals surface area contributed by atoms with Crippen LogP contribution in [0.15, 0.2) is 4.99 Å². The average Bonchev–Trinajstić information content (AvgIpc) is 2.26. The molecule has 0 amide bonds. The number of hydrogen-bond donors (Lipinski definition) is 2. The summed E-state index contributed by atoms with van der Waals surface area (Å²) in [6, 6.07) is 0.782. The Kier molecular flexibility index (Phi) is 3.88. The number of aliphatic imine (C=N–C) groups is 1. The lowest BCUT2D eigenvalue weighted by Gasteiger charge is -2.55. The van der Waals surface area contributed by atoms with Gasteiger partial charge < -0.3 is 11.5 Å². The number of fused-ring (bicyclic) bond motifs is 3. The molecule has 1 fully saturated rings. The summed E-state index contributed by atoms with van der Waals surface area (Å²) < 4.78 is 0. The lowest BCUT2D eigenvalue weighted by Crippen LogP contribution is -2.58. The molecule has 1 aliphatic carbocycles. The van der Waals surface area contributed by atoms with Crippen molar-refractivity contribution in [2.45, 2.75) is 45.7 Å². The highest BCUT2D eigenvalue weighted by Crippen LogP contribution is 2.52. The van der Waals surface area contributed by atoms with Crippen LogP contribution in [0.2, 0.25) is 0 Å². The maximum Gasteiger partial charge on any atom is 0.0555 e.